The van der Waals surface area contributed by atoms with Crippen LogP contribution in [0.25, 0.3) is 0 Å². The summed E-state index contributed by atoms with van der Waals surface area (Å²) >= 11 is 0. The number of rotatable bonds is 8. The number of halogens is 4. The van der Waals surface area contributed by atoms with E-state index in [1.54, 1.807) is 20.8 Å². The van der Waals surface area contributed by atoms with Gasteiger partial charge in [-0.1, -0.05) is 26.0 Å². The van der Waals surface area contributed by atoms with E-state index < -0.39 is 35.6 Å². The minimum atomic E-state index is -4.53. The van der Waals surface area contributed by atoms with E-state index in [0.717, 1.165) is 6.07 Å². The van der Waals surface area contributed by atoms with Crippen LogP contribution in [-0.2, 0) is 15.8 Å². The minimum Gasteiger partial charge on any atom is -0.491 e. The third-order valence-corrected chi connectivity index (χ3v) is 3.53. The Bertz CT molecular complexity index is 627. The highest BCUT2D eigenvalue weighted by atomic mass is 35.5. The molecule has 10 heteroatoms. The monoisotopic (exact) mass is 411 g/mol. The third-order valence-electron chi connectivity index (χ3n) is 3.53. The summed E-state index contributed by atoms with van der Waals surface area (Å²) in [6.07, 6.45) is -4.53. The molecule has 0 bridgehead atoms. The Morgan fingerprint density at radius 3 is 2.33 bits per heavy atom. The molecular formula is C17H25ClF3N3O3. The molecule has 0 aliphatic heterocycles. The average molecular weight is 412 g/mol. The highest BCUT2D eigenvalue weighted by Crippen LogP contribution is 2.35. The fraction of sp³-hybridized carbons (Fsp3) is 0.529. The fourth-order valence-electron chi connectivity index (χ4n) is 2.00. The number of alkyl halides is 3. The van der Waals surface area contributed by atoms with Crippen molar-refractivity contribution in [1.29, 1.82) is 0 Å². The van der Waals surface area contributed by atoms with Crippen LogP contribution in [0.3, 0.4) is 0 Å². The number of nitrogens with one attached hydrogen (secondary N) is 2. The third kappa shape index (κ3) is 8.49. The van der Waals surface area contributed by atoms with Crippen molar-refractivity contribution in [3.8, 4) is 5.75 Å². The number of hydrogen-bond acceptors (Lipinski definition) is 4. The van der Waals surface area contributed by atoms with Gasteiger partial charge in [0.2, 0.25) is 11.8 Å². The number of carbonyl (C=O) groups excluding carboxylic acids is 2. The van der Waals surface area contributed by atoms with Crippen molar-refractivity contribution in [1.82, 2.24) is 10.6 Å². The topological polar surface area (TPSA) is 93.5 Å². The number of hydrogen-bond donors (Lipinski definition) is 3. The van der Waals surface area contributed by atoms with Gasteiger partial charge < -0.3 is 21.1 Å². The van der Waals surface area contributed by atoms with Crippen LogP contribution in [0.4, 0.5) is 13.2 Å². The number of benzene rings is 1. The lowest BCUT2D eigenvalue weighted by Crippen LogP contribution is -2.48. The summed E-state index contributed by atoms with van der Waals surface area (Å²) in [6.45, 7) is 4.71. The Kier molecular flexibility index (Phi) is 10.2. The molecule has 1 unspecified atom stereocenters. The van der Waals surface area contributed by atoms with Gasteiger partial charge in [0, 0.05) is 0 Å². The largest absolute Gasteiger partial charge is 0.491 e. The molecule has 6 nitrogen and oxygen atoms in total. The zero-order chi connectivity index (χ0) is 19.9. The van der Waals surface area contributed by atoms with Crippen molar-refractivity contribution in [3.05, 3.63) is 29.8 Å². The molecule has 154 valence electrons. The predicted octanol–water partition coefficient (Wildman–Crippen LogP) is 2.11. The summed E-state index contributed by atoms with van der Waals surface area (Å²) in [5.41, 5.74) is 4.77. The lowest BCUT2D eigenvalue weighted by atomic mass is 10.1. The normalized spacial score (nSPS) is 13.3. The number of carbonyl (C=O) groups is 2. The molecule has 1 aromatic carbocycles. The standard InChI is InChI=1S/C17H24F3N3O3.ClH/c1-10(2)15(21)16(25)22-8-14(24)23-11(3)9-26-13-7-5-4-6-12(13)17(18,19)20;/h4-7,10-11,15H,8-9,21H2,1-3H3,(H,22,25)(H,23,24);1H/t11?,15-;/m0./s1. The molecule has 4 N–H and O–H groups in total. The molecule has 1 aromatic rings. The van der Waals surface area contributed by atoms with Crippen molar-refractivity contribution in [2.24, 2.45) is 11.7 Å². The second kappa shape index (κ2) is 11.0. The van der Waals surface area contributed by atoms with Crippen molar-refractivity contribution in [2.45, 2.75) is 39.0 Å². The Hall–Kier alpha value is -2.00. The zero-order valence-corrected chi connectivity index (χ0v) is 16.1. The summed E-state index contributed by atoms with van der Waals surface area (Å²) in [5, 5.41) is 4.94. The summed E-state index contributed by atoms with van der Waals surface area (Å²) < 4.78 is 43.8. The average Bonchev–Trinajstić information content (AvgIpc) is 2.56. The van der Waals surface area contributed by atoms with Crippen LogP contribution in [0, 0.1) is 5.92 Å². The lowest BCUT2D eigenvalue weighted by Gasteiger charge is -2.19. The van der Waals surface area contributed by atoms with E-state index in [4.69, 9.17) is 10.5 Å². The van der Waals surface area contributed by atoms with Crippen LogP contribution in [0.15, 0.2) is 24.3 Å². The van der Waals surface area contributed by atoms with Crippen molar-refractivity contribution >= 4 is 24.2 Å². The SMILES string of the molecule is CC(COc1ccccc1C(F)(F)F)NC(=O)CNC(=O)[C@@H](N)C(C)C.Cl. The quantitative estimate of drug-likeness (QED) is 0.610. The van der Waals surface area contributed by atoms with Gasteiger partial charge in [-0.05, 0) is 25.0 Å². The molecule has 27 heavy (non-hydrogen) atoms. The highest BCUT2D eigenvalue weighted by Gasteiger charge is 2.34. The van der Waals surface area contributed by atoms with Crippen LogP contribution >= 0.6 is 12.4 Å². The Morgan fingerprint density at radius 2 is 1.78 bits per heavy atom. The van der Waals surface area contributed by atoms with Gasteiger partial charge in [-0.15, -0.1) is 12.4 Å². The smallest absolute Gasteiger partial charge is 0.419 e. The van der Waals surface area contributed by atoms with E-state index in [1.807, 2.05) is 0 Å². The van der Waals surface area contributed by atoms with Gasteiger partial charge >= 0.3 is 6.18 Å². The van der Waals surface area contributed by atoms with Gasteiger partial charge in [-0.25, -0.2) is 0 Å². The first-order chi connectivity index (χ1) is 12.0. The van der Waals surface area contributed by atoms with Crippen molar-refractivity contribution in [2.75, 3.05) is 13.2 Å². The minimum absolute atomic E-state index is 0. The lowest BCUT2D eigenvalue weighted by molar-refractivity contribution is -0.139. The first-order valence-corrected chi connectivity index (χ1v) is 8.14. The molecule has 0 heterocycles. The second-order valence-corrected chi connectivity index (χ2v) is 6.26. The molecule has 0 aliphatic rings. The van der Waals surface area contributed by atoms with Crippen LogP contribution in [-0.4, -0.2) is 37.0 Å². The van der Waals surface area contributed by atoms with Gasteiger partial charge in [0.25, 0.3) is 0 Å². The second-order valence-electron chi connectivity index (χ2n) is 6.26. The van der Waals surface area contributed by atoms with E-state index >= 15 is 0 Å². The van der Waals surface area contributed by atoms with Gasteiger partial charge in [0.15, 0.2) is 0 Å². The fourth-order valence-corrected chi connectivity index (χ4v) is 2.00. The first-order valence-electron chi connectivity index (χ1n) is 8.14. The maximum Gasteiger partial charge on any atom is 0.419 e. The van der Waals surface area contributed by atoms with E-state index in [2.05, 4.69) is 10.6 Å². The van der Waals surface area contributed by atoms with Gasteiger partial charge in [0.1, 0.15) is 12.4 Å². The molecule has 1 rings (SSSR count). The molecular weight excluding hydrogens is 387 g/mol. The van der Waals surface area contributed by atoms with E-state index in [1.165, 1.54) is 18.2 Å². The predicted molar refractivity (Wildman–Crippen MR) is 97.6 cm³/mol. The highest BCUT2D eigenvalue weighted by molar-refractivity contribution is 5.87. The molecule has 0 fully saturated rings. The van der Waals surface area contributed by atoms with Gasteiger partial charge in [-0.2, -0.15) is 13.2 Å². The Balaban J connectivity index is 0.00000676. The molecule has 0 saturated carbocycles. The van der Waals surface area contributed by atoms with Crippen LogP contribution in [0.1, 0.15) is 26.3 Å². The zero-order valence-electron chi connectivity index (χ0n) is 15.3. The van der Waals surface area contributed by atoms with Crippen molar-refractivity contribution < 1.29 is 27.5 Å². The molecule has 0 aliphatic carbocycles. The Labute approximate surface area is 162 Å². The Morgan fingerprint density at radius 1 is 1.19 bits per heavy atom. The molecule has 0 aromatic heterocycles. The maximum atomic E-state index is 12.9. The van der Waals surface area contributed by atoms with Gasteiger partial charge in [-0.3, -0.25) is 9.59 Å². The summed E-state index contributed by atoms with van der Waals surface area (Å²) in [6, 6.07) is 3.56. The molecule has 0 saturated heterocycles. The molecule has 0 spiro atoms. The maximum absolute atomic E-state index is 12.9. The summed E-state index contributed by atoms with van der Waals surface area (Å²) in [5.74, 6) is -1.32. The van der Waals surface area contributed by atoms with E-state index in [0.29, 0.717) is 0 Å². The van der Waals surface area contributed by atoms with E-state index in [-0.39, 0.29) is 37.2 Å². The van der Waals surface area contributed by atoms with Crippen LogP contribution in [0.2, 0.25) is 0 Å². The number of ether oxygens (including phenoxy) is 1. The van der Waals surface area contributed by atoms with Crippen LogP contribution < -0.4 is 21.1 Å². The summed E-state index contributed by atoms with van der Waals surface area (Å²) in [7, 11) is 0. The van der Waals surface area contributed by atoms with E-state index in [9.17, 15) is 22.8 Å². The number of amides is 2. The molecule has 2 atom stereocenters. The molecule has 0 radical (unpaired) electrons. The van der Waals surface area contributed by atoms with Crippen LogP contribution in [0.5, 0.6) is 5.75 Å². The van der Waals surface area contributed by atoms with Gasteiger partial charge in [0.05, 0.1) is 24.2 Å². The van der Waals surface area contributed by atoms with Crippen molar-refractivity contribution in [3.63, 3.8) is 0 Å². The summed E-state index contributed by atoms with van der Waals surface area (Å²) in [4.78, 5) is 23.5. The molecule has 2 amide bonds. The number of para-hydroxylation sites is 1. The first kappa shape index (κ1) is 25.0. The number of nitrogens with two attached hydrogens (primary N) is 1.